The van der Waals surface area contributed by atoms with Gasteiger partial charge >= 0.3 is 0 Å². The van der Waals surface area contributed by atoms with Crippen molar-refractivity contribution in [1.82, 2.24) is 0 Å². The Morgan fingerprint density at radius 2 is 1.64 bits per heavy atom. The minimum Gasteiger partial charge on any atom is -0.497 e. The van der Waals surface area contributed by atoms with Gasteiger partial charge in [0.25, 0.3) is 0 Å². The van der Waals surface area contributed by atoms with Crippen molar-refractivity contribution < 1.29 is 14.3 Å². The largest absolute Gasteiger partial charge is 0.497 e. The molecule has 6 heteroatoms. The fraction of sp³-hybridized carbons (Fsp3) is 0.370. The molecule has 0 aromatic heterocycles. The van der Waals surface area contributed by atoms with Crippen LogP contribution in [0.15, 0.2) is 48.5 Å². The van der Waals surface area contributed by atoms with Crippen molar-refractivity contribution in [2.75, 3.05) is 19.1 Å². The van der Waals surface area contributed by atoms with E-state index in [9.17, 15) is 15.3 Å². The number of hydrogen-bond acceptors (Lipinski definition) is 6. The minimum atomic E-state index is -1.49. The first-order valence-corrected chi connectivity index (χ1v) is 10.9. The van der Waals surface area contributed by atoms with Gasteiger partial charge in [-0.25, -0.2) is 0 Å². The Morgan fingerprint density at radius 1 is 1.03 bits per heavy atom. The Balaban J connectivity index is 2.05. The SMILES string of the molecule is COc1cc(OC)cc([C@H]2[C@H](C(=O)C(C)(C)C)N3c4ccccc4C=C[C@H]3C2(C#N)C#N)c1. The summed E-state index contributed by atoms with van der Waals surface area (Å²) in [6.07, 6.45) is 3.82. The molecule has 0 amide bonds. The number of carbonyl (C=O) groups excluding carboxylic acids is 1. The van der Waals surface area contributed by atoms with Crippen LogP contribution in [-0.2, 0) is 4.79 Å². The summed E-state index contributed by atoms with van der Waals surface area (Å²) in [5, 5.41) is 21.0. The molecule has 33 heavy (non-hydrogen) atoms. The lowest BCUT2D eigenvalue weighted by atomic mass is 9.67. The van der Waals surface area contributed by atoms with E-state index < -0.39 is 28.8 Å². The first-order chi connectivity index (χ1) is 15.7. The maximum atomic E-state index is 14.0. The first-order valence-electron chi connectivity index (χ1n) is 10.9. The molecular weight excluding hydrogens is 414 g/mol. The van der Waals surface area contributed by atoms with Crippen LogP contribution in [0.3, 0.4) is 0 Å². The molecule has 2 aromatic rings. The predicted octanol–water partition coefficient (Wildman–Crippen LogP) is 4.72. The Hall–Kier alpha value is -3.77. The zero-order valence-electron chi connectivity index (χ0n) is 19.5. The lowest BCUT2D eigenvalue weighted by Gasteiger charge is -2.37. The number of carbonyl (C=O) groups is 1. The highest BCUT2D eigenvalue weighted by Crippen LogP contribution is 2.56. The van der Waals surface area contributed by atoms with Gasteiger partial charge in [-0.15, -0.1) is 0 Å². The van der Waals surface area contributed by atoms with Crippen molar-refractivity contribution >= 4 is 17.5 Å². The van der Waals surface area contributed by atoms with E-state index in [2.05, 4.69) is 12.1 Å². The number of anilines is 1. The summed E-state index contributed by atoms with van der Waals surface area (Å²) in [5.41, 5.74) is 0.284. The van der Waals surface area contributed by atoms with Crippen LogP contribution in [0.2, 0.25) is 0 Å². The van der Waals surface area contributed by atoms with Crippen molar-refractivity contribution in [3.05, 3.63) is 59.7 Å². The number of Topliss-reactive ketones (excluding diaryl/α,β-unsaturated/α-hetero) is 1. The minimum absolute atomic E-state index is 0.0308. The normalized spacial score (nSPS) is 22.5. The second-order valence-corrected chi connectivity index (χ2v) is 9.55. The average molecular weight is 442 g/mol. The van der Waals surface area contributed by atoms with Gasteiger partial charge in [-0.3, -0.25) is 4.79 Å². The van der Waals surface area contributed by atoms with Gasteiger partial charge in [0.1, 0.15) is 11.5 Å². The maximum absolute atomic E-state index is 14.0. The molecule has 0 bridgehead atoms. The Labute approximate surface area is 194 Å². The topological polar surface area (TPSA) is 86.3 Å². The predicted molar refractivity (Wildman–Crippen MR) is 126 cm³/mol. The molecule has 2 heterocycles. The van der Waals surface area contributed by atoms with Crippen LogP contribution >= 0.6 is 0 Å². The summed E-state index contributed by atoms with van der Waals surface area (Å²) in [5.74, 6) is 0.328. The van der Waals surface area contributed by atoms with Gasteiger partial charge in [-0.05, 0) is 29.3 Å². The molecule has 1 fully saturated rings. The van der Waals surface area contributed by atoms with Crippen LogP contribution in [0.25, 0.3) is 6.08 Å². The van der Waals surface area contributed by atoms with E-state index in [0.29, 0.717) is 17.1 Å². The van der Waals surface area contributed by atoms with E-state index in [1.54, 1.807) is 32.4 Å². The number of hydrogen-bond donors (Lipinski definition) is 0. The van der Waals surface area contributed by atoms with Gasteiger partial charge in [0.2, 0.25) is 0 Å². The zero-order valence-corrected chi connectivity index (χ0v) is 19.5. The number of ketones is 1. The van der Waals surface area contributed by atoms with E-state index in [-0.39, 0.29) is 5.78 Å². The summed E-state index contributed by atoms with van der Waals surface area (Å²) in [4.78, 5) is 16.0. The summed E-state index contributed by atoms with van der Waals surface area (Å²) in [6.45, 7) is 5.62. The average Bonchev–Trinajstić information content (AvgIpc) is 3.13. The standard InChI is InChI=1S/C27H27N3O3/c1-26(2,3)25(31)24-23(18-12-19(32-4)14-20(13-18)33-5)27(15-28,16-29)22-11-10-17-8-6-7-9-21(17)30(22)24/h6-14,22-24H,1-5H3/t22-,23-,24+/m0/s1. The summed E-state index contributed by atoms with van der Waals surface area (Å²) >= 11 is 0. The number of benzene rings is 2. The van der Waals surface area contributed by atoms with Gasteiger partial charge < -0.3 is 14.4 Å². The van der Waals surface area contributed by atoms with Crippen molar-refractivity contribution in [3.63, 3.8) is 0 Å². The van der Waals surface area contributed by atoms with E-state index >= 15 is 0 Å². The van der Waals surface area contributed by atoms with Crippen LogP contribution < -0.4 is 14.4 Å². The molecule has 0 saturated carbocycles. The molecule has 0 unspecified atom stereocenters. The number of methoxy groups -OCH3 is 2. The molecule has 2 aliphatic heterocycles. The Kier molecular flexibility index (Phi) is 5.42. The van der Waals surface area contributed by atoms with Crippen LogP contribution in [0, 0.1) is 33.5 Å². The Morgan fingerprint density at radius 3 is 2.18 bits per heavy atom. The van der Waals surface area contributed by atoms with E-state index in [1.807, 2.05) is 62.1 Å². The molecule has 168 valence electrons. The third-order valence-corrected chi connectivity index (χ3v) is 6.66. The second kappa shape index (κ2) is 7.98. The fourth-order valence-electron chi connectivity index (χ4n) is 5.06. The van der Waals surface area contributed by atoms with Crippen LogP contribution in [0.5, 0.6) is 11.5 Å². The molecule has 6 nitrogen and oxygen atoms in total. The number of para-hydroxylation sites is 1. The summed E-state index contributed by atoms with van der Waals surface area (Å²) in [6, 6.07) is 16.5. The molecule has 0 radical (unpaired) electrons. The van der Waals surface area contributed by atoms with Crippen LogP contribution in [-0.4, -0.2) is 32.1 Å². The molecule has 4 rings (SSSR count). The van der Waals surface area contributed by atoms with Gasteiger partial charge in [-0.1, -0.05) is 51.1 Å². The first kappa shape index (κ1) is 22.4. The molecule has 2 aliphatic rings. The zero-order chi connectivity index (χ0) is 24.0. The highest BCUT2D eigenvalue weighted by Gasteiger charge is 2.64. The smallest absolute Gasteiger partial charge is 0.176 e. The molecule has 0 N–H and O–H groups in total. The maximum Gasteiger partial charge on any atom is 0.176 e. The highest BCUT2D eigenvalue weighted by molar-refractivity contribution is 5.96. The molecule has 3 atom stereocenters. The van der Waals surface area contributed by atoms with E-state index in [4.69, 9.17) is 9.47 Å². The summed E-state index contributed by atoms with van der Waals surface area (Å²) in [7, 11) is 3.10. The van der Waals surface area contributed by atoms with Gasteiger partial charge in [-0.2, -0.15) is 10.5 Å². The molecule has 2 aromatic carbocycles. The van der Waals surface area contributed by atoms with E-state index in [1.165, 1.54) is 0 Å². The third kappa shape index (κ3) is 3.34. The highest BCUT2D eigenvalue weighted by atomic mass is 16.5. The van der Waals surface area contributed by atoms with Crippen molar-refractivity contribution in [2.24, 2.45) is 10.8 Å². The molecular formula is C27H27N3O3. The number of rotatable bonds is 4. The monoisotopic (exact) mass is 441 g/mol. The van der Waals surface area contributed by atoms with Gasteiger partial charge in [0, 0.05) is 23.1 Å². The van der Waals surface area contributed by atoms with Crippen LogP contribution in [0.4, 0.5) is 5.69 Å². The third-order valence-electron chi connectivity index (χ3n) is 6.66. The Bertz CT molecular complexity index is 1180. The van der Waals surface area contributed by atoms with Crippen molar-refractivity contribution in [1.29, 1.82) is 10.5 Å². The lowest BCUT2D eigenvalue weighted by molar-refractivity contribution is -0.127. The molecule has 0 spiro atoms. The number of ether oxygens (including phenoxy) is 2. The number of nitrogens with zero attached hydrogens (tertiary/aromatic N) is 3. The molecule has 1 saturated heterocycles. The second-order valence-electron chi connectivity index (χ2n) is 9.55. The quantitative estimate of drug-likeness (QED) is 0.682. The van der Waals surface area contributed by atoms with Crippen LogP contribution in [0.1, 0.15) is 37.8 Å². The fourth-order valence-corrected chi connectivity index (χ4v) is 5.06. The number of fused-ring (bicyclic) bond motifs is 3. The number of nitriles is 2. The van der Waals surface area contributed by atoms with E-state index in [0.717, 1.165) is 11.3 Å². The van der Waals surface area contributed by atoms with Gasteiger partial charge in [0.15, 0.2) is 11.2 Å². The molecule has 0 aliphatic carbocycles. The summed E-state index contributed by atoms with van der Waals surface area (Å²) < 4.78 is 10.9. The van der Waals surface area contributed by atoms with Crippen molar-refractivity contribution in [3.8, 4) is 23.6 Å². The van der Waals surface area contributed by atoms with Crippen molar-refractivity contribution in [2.45, 2.75) is 38.8 Å². The van der Waals surface area contributed by atoms with Gasteiger partial charge in [0.05, 0.1) is 38.4 Å². The lowest BCUT2D eigenvalue weighted by Crippen LogP contribution is -2.47.